The second kappa shape index (κ2) is 9.62. The Kier molecular flexibility index (Phi) is 6.95. The molecule has 0 aliphatic carbocycles. The second-order valence-corrected chi connectivity index (χ2v) is 6.77. The summed E-state index contributed by atoms with van der Waals surface area (Å²) in [5.74, 6) is -1.64. The van der Waals surface area contributed by atoms with Gasteiger partial charge >= 0.3 is 0 Å². The fraction of sp³-hybridized carbons (Fsp3) is 0.238. The molecule has 8 heteroatoms. The lowest BCUT2D eigenvalue weighted by atomic mass is 10.1. The maximum Gasteiger partial charge on any atom is 0.292 e. The molecule has 0 amide bonds. The topological polar surface area (TPSA) is 56.1 Å². The van der Waals surface area contributed by atoms with Crippen molar-refractivity contribution in [3.05, 3.63) is 87.3 Å². The van der Waals surface area contributed by atoms with Crippen LogP contribution in [0.1, 0.15) is 25.0 Å². The molecule has 1 atom stereocenters. The van der Waals surface area contributed by atoms with Crippen LogP contribution < -0.4 is 10.9 Å². The minimum atomic E-state index is -0.902. The van der Waals surface area contributed by atoms with Crippen LogP contribution in [0.4, 0.5) is 14.5 Å². The van der Waals surface area contributed by atoms with E-state index in [1.807, 2.05) is 37.3 Å². The monoisotopic (exact) mass is 419 g/mol. The molecule has 0 radical (unpaired) electrons. The van der Waals surface area contributed by atoms with E-state index in [-0.39, 0.29) is 16.8 Å². The average molecular weight is 420 g/mol. The Hall–Kier alpha value is -2.77. The summed E-state index contributed by atoms with van der Waals surface area (Å²) < 4.78 is 33.6. The molecule has 0 aliphatic heterocycles. The molecule has 3 rings (SSSR count). The van der Waals surface area contributed by atoms with Gasteiger partial charge in [0.15, 0.2) is 5.82 Å². The van der Waals surface area contributed by atoms with Crippen molar-refractivity contribution < 1.29 is 13.5 Å². The molecule has 0 saturated carbocycles. The van der Waals surface area contributed by atoms with Gasteiger partial charge in [0.05, 0.1) is 18.0 Å². The number of ether oxygens (including phenoxy) is 1. The third-order valence-corrected chi connectivity index (χ3v) is 4.70. The van der Waals surface area contributed by atoms with E-state index < -0.39 is 17.2 Å². The van der Waals surface area contributed by atoms with E-state index in [0.29, 0.717) is 31.3 Å². The molecule has 2 aromatic carbocycles. The Balaban J connectivity index is 1.57. The first-order valence-corrected chi connectivity index (χ1v) is 9.49. The van der Waals surface area contributed by atoms with E-state index in [4.69, 9.17) is 16.3 Å². The first kappa shape index (κ1) is 21.0. The Morgan fingerprint density at radius 1 is 1.21 bits per heavy atom. The standard InChI is InChI=1S/C21H20ClF2N3O2/c1-14(15-6-3-2-4-7-15)29-11-5-10-25-18-13-26-27(21(28)20(18)22)19-9-8-16(23)12-17(19)24/h2-4,6-9,12-14,25H,5,10-11H2,1H3/t14-/m0/s1. The predicted molar refractivity (Wildman–Crippen MR) is 109 cm³/mol. The smallest absolute Gasteiger partial charge is 0.292 e. The van der Waals surface area contributed by atoms with Crippen molar-refractivity contribution in [3.63, 3.8) is 0 Å². The molecule has 0 saturated heterocycles. The number of anilines is 1. The lowest BCUT2D eigenvalue weighted by molar-refractivity contribution is 0.0656. The Bertz CT molecular complexity index is 1030. The molecular weight excluding hydrogens is 400 g/mol. The maximum absolute atomic E-state index is 13.9. The van der Waals surface area contributed by atoms with Crippen molar-refractivity contribution in [3.8, 4) is 5.69 Å². The zero-order valence-electron chi connectivity index (χ0n) is 15.7. The van der Waals surface area contributed by atoms with E-state index in [1.165, 1.54) is 6.20 Å². The predicted octanol–water partition coefficient (Wildman–Crippen LogP) is 4.74. The number of hydrogen-bond acceptors (Lipinski definition) is 4. The molecule has 1 N–H and O–H groups in total. The Morgan fingerprint density at radius 2 is 1.97 bits per heavy atom. The molecule has 3 aromatic rings. The van der Waals surface area contributed by atoms with E-state index in [0.717, 1.165) is 22.4 Å². The first-order chi connectivity index (χ1) is 14.0. The summed E-state index contributed by atoms with van der Waals surface area (Å²) >= 11 is 6.11. The van der Waals surface area contributed by atoms with Crippen LogP contribution in [-0.4, -0.2) is 22.9 Å². The van der Waals surface area contributed by atoms with Crippen LogP contribution in [0.2, 0.25) is 5.02 Å². The molecule has 0 spiro atoms. The SMILES string of the molecule is C[C@H](OCCCNc1cnn(-c2ccc(F)cc2F)c(=O)c1Cl)c1ccccc1. The molecular formula is C21H20ClF2N3O2. The average Bonchev–Trinajstić information content (AvgIpc) is 2.72. The van der Waals surface area contributed by atoms with Crippen molar-refractivity contribution in [1.29, 1.82) is 0 Å². The number of rotatable bonds is 8. The highest BCUT2D eigenvalue weighted by Gasteiger charge is 2.14. The van der Waals surface area contributed by atoms with E-state index >= 15 is 0 Å². The van der Waals surface area contributed by atoms with Crippen molar-refractivity contribution >= 4 is 17.3 Å². The molecule has 0 bridgehead atoms. The highest BCUT2D eigenvalue weighted by molar-refractivity contribution is 6.32. The third kappa shape index (κ3) is 5.19. The van der Waals surface area contributed by atoms with Gasteiger partial charge in [-0.05, 0) is 31.0 Å². The summed E-state index contributed by atoms with van der Waals surface area (Å²) in [6.45, 7) is 3.01. The van der Waals surface area contributed by atoms with Gasteiger partial charge in [0, 0.05) is 19.2 Å². The molecule has 0 fully saturated rings. The first-order valence-electron chi connectivity index (χ1n) is 9.11. The van der Waals surface area contributed by atoms with Gasteiger partial charge in [-0.2, -0.15) is 9.78 Å². The van der Waals surface area contributed by atoms with E-state index in [9.17, 15) is 13.6 Å². The zero-order chi connectivity index (χ0) is 20.8. The van der Waals surface area contributed by atoms with Gasteiger partial charge in [0.1, 0.15) is 16.5 Å². The maximum atomic E-state index is 13.9. The second-order valence-electron chi connectivity index (χ2n) is 6.39. The van der Waals surface area contributed by atoms with Crippen molar-refractivity contribution in [2.75, 3.05) is 18.5 Å². The van der Waals surface area contributed by atoms with Crippen molar-refractivity contribution in [2.24, 2.45) is 0 Å². The Morgan fingerprint density at radius 3 is 2.69 bits per heavy atom. The number of benzene rings is 2. The van der Waals surface area contributed by atoms with Crippen molar-refractivity contribution in [2.45, 2.75) is 19.4 Å². The summed E-state index contributed by atoms with van der Waals surface area (Å²) in [6.07, 6.45) is 2.00. The zero-order valence-corrected chi connectivity index (χ0v) is 16.5. The normalized spacial score (nSPS) is 12.0. The minimum Gasteiger partial charge on any atom is -0.382 e. The van der Waals surface area contributed by atoms with Gasteiger partial charge in [0.2, 0.25) is 0 Å². The lowest BCUT2D eigenvalue weighted by Gasteiger charge is -2.14. The summed E-state index contributed by atoms with van der Waals surface area (Å²) in [6, 6.07) is 12.8. The van der Waals surface area contributed by atoms with E-state index in [2.05, 4.69) is 10.4 Å². The quantitative estimate of drug-likeness (QED) is 0.535. The van der Waals surface area contributed by atoms with Gasteiger partial charge in [-0.3, -0.25) is 4.79 Å². The highest BCUT2D eigenvalue weighted by Crippen LogP contribution is 2.19. The number of nitrogens with zero attached hydrogens (tertiary/aromatic N) is 2. The largest absolute Gasteiger partial charge is 0.382 e. The van der Waals surface area contributed by atoms with Crippen LogP contribution in [0.15, 0.2) is 59.5 Å². The summed E-state index contributed by atoms with van der Waals surface area (Å²) in [5.41, 5.74) is 0.570. The van der Waals surface area contributed by atoms with Gasteiger partial charge < -0.3 is 10.1 Å². The van der Waals surface area contributed by atoms with Gasteiger partial charge in [-0.25, -0.2) is 8.78 Å². The fourth-order valence-electron chi connectivity index (χ4n) is 2.76. The molecule has 1 aromatic heterocycles. The van der Waals surface area contributed by atoms with Crippen LogP contribution in [0.25, 0.3) is 5.69 Å². The number of hydrogen-bond donors (Lipinski definition) is 1. The molecule has 152 valence electrons. The van der Waals surface area contributed by atoms with Crippen LogP contribution in [0.5, 0.6) is 0 Å². The Labute approximate surface area is 171 Å². The van der Waals surface area contributed by atoms with Crippen LogP contribution in [0.3, 0.4) is 0 Å². The lowest BCUT2D eigenvalue weighted by Crippen LogP contribution is -2.24. The van der Waals surface area contributed by atoms with Gasteiger partial charge in [-0.1, -0.05) is 41.9 Å². The van der Waals surface area contributed by atoms with Crippen molar-refractivity contribution in [1.82, 2.24) is 9.78 Å². The molecule has 29 heavy (non-hydrogen) atoms. The highest BCUT2D eigenvalue weighted by atomic mass is 35.5. The van der Waals surface area contributed by atoms with Gasteiger partial charge in [-0.15, -0.1) is 0 Å². The third-order valence-electron chi connectivity index (χ3n) is 4.33. The summed E-state index contributed by atoms with van der Waals surface area (Å²) in [4.78, 5) is 12.4. The summed E-state index contributed by atoms with van der Waals surface area (Å²) in [5, 5.41) is 6.84. The van der Waals surface area contributed by atoms with Crippen LogP contribution >= 0.6 is 11.6 Å². The molecule has 0 unspecified atom stereocenters. The van der Waals surface area contributed by atoms with E-state index in [1.54, 1.807) is 0 Å². The fourth-order valence-corrected chi connectivity index (χ4v) is 2.95. The number of halogens is 3. The number of aromatic nitrogens is 2. The van der Waals surface area contributed by atoms with Crippen LogP contribution in [-0.2, 0) is 4.74 Å². The minimum absolute atomic E-state index is 0.0176. The summed E-state index contributed by atoms with van der Waals surface area (Å²) in [7, 11) is 0. The molecule has 0 aliphatic rings. The number of nitrogens with one attached hydrogen (secondary N) is 1. The molecule has 5 nitrogen and oxygen atoms in total. The van der Waals surface area contributed by atoms with Gasteiger partial charge in [0.25, 0.3) is 5.56 Å². The van der Waals surface area contributed by atoms with Crippen LogP contribution in [0, 0.1) is 11.6 Å². The molecule has 1 heterocycles.